The third-order valence-electron chi connectivity index (χ3n) is 20.8. The van der Waals surface area contributed by atoms with E-state index in [9.17, 15) is 43.5 Å². The molecule has 7 aromatic rings. The van der Waals surface area contributed by atoms with Gasteiger partial charge in [-0.1, -0.05) is 85.8 Å². The van der Waals surface area contributed by atoms with Gasteiger partial charge in [0.2, 0.25) is 29.5 Å². The summed E-state index contributed by atoms with van der Waals surface area (Å²) in [6, 6.07) is 33.3. The van der Waals surface area contributed by atoms with E-state index in [0.29, 0.717) is 90.8 Å². The molecular weight excluding hydrogens is 1410 g/mol. The van der Waals surface area contributed by atoms with Crippen molar-refractivity contribution in [3.63, 3.8) is 0 Å². The number of methoxy groups -OCH3 is 3. The monoisotopic (exact) mass is 1500 g/mol. The number of carbonyl (C=O) groups excluding carboxylic acids is 8. The van der Waals surface area contributed by atoms with Crippen LogP contribution in [0.15, 0.2) is 128 Å². The Bertz CT molecular complexity index is 4640. The second-order valence-electron chi connectivity index (χ2n) is 28.5. The van der Waals surface area contributed by atoms with Gasteiger partial charge in [-0.25, -0.2) is 14.4 Å². The molecule has 1 saturated heterocycles. The minimum absolute atomic E-state index is 0.0305. The predicted octanol–water partition coefficient (Wildman–Crippen LogP) is 8.72. The van der Waals surface area contributed by atoms with Crippen molar-refractivity contribution in [2.45, 2.75) is 123 Å². The van der Waals surface area contributed by atoms with E-state index in [-0.39, 0.29) is 129 Å². The first-order chi connectivity index (χ1) is 53.2. The van der Waals surface area contributed by atoms with E-state index >= 15 is 0 Å². The molecule has 8 amide bonds. The fourth-order valence-corrected chi connectivity index (χ4v) is 14.6. The number of para-hydroxylation sites is 1. The molecule has 578 valence electrons. The lowest BCUT2D eigenvalue weighted by molar-refractivity contribution is -0.133. The molecule has 2 fully saturated rings. The normalized spacial score (nSPS) is 17.5. The van der Waals surface area contributed by atoms with Crippen LogP contribution >= 0.6 is 0 Å². The van der Waals surface area contributed by atoms with E-state index in [2.05, 4.69) is 36.9 Å². The number of rotatable bonds is 30. The minimum atomic E-state index is -1.49. The molecule has 6 heterocycles. The third-order valence-corrected chi connectivity index (χ3v) is 20.8. The summed E-state index contributed by atoms with van der Waals surface area (Å²) in [4.78, 5) is 116. The number of aromatic nitrogens is 3. The van der Waals surface area contributed by atoms with E-state index in [4.69, 9.17) is 37.9 Å². The van der Waals surface area contributed by atoms with Gasteiger partial charge in [-0.15, -0.1) is 5.10 Å². The summed E-state index contributed by atoms with van der Waals surface area (Å²) in [5.74, 6) is -1.18. The Labute approximate surface area is 636 Å². The van der Waals surface area contributed by atoms with Crippen molar-refractivity contribution in [1.29, 1.82) is 0 Å². The van der Waals surface area contributed by atoms with Crippen molar-refractivity contribution in [3.05, 3.63) is 155 Å². The largest absolute Gasteiger partial charge is 0.497 e. The first-order valence-corrected chi connectivity index (χ1v) is 37.2. The zero-order valence-electron chi connectivity index (χ0n) is 62.6. The number of amides is 8. The average Bonchev–Trinajstić information content (AvgIpc) is 1.56. The highest BCUT2D eigenvalue weighted by molar-refractivity contribution is 6.07. The van der Waals surface area contributed by atoms with Gasteiger partial charge in [0.05, 0.1) is 107 Å². The molecule has 13 rings (SSSR count). The van der Waals surface area contributed by atoms with Gasteiger partial charge >= 0.3 is 6.09 Å². The van der Waals surface area contributed by atoms with E-state index in [1.807, 2.05) is 90.6 Å². The topological polar surface area (TPSA) is 334 Å². The van der Waals surface area contributed by atoms with Crippen molar-refractivity contribution in [3.8, 4) is 51.3 Å². The molecule has 0 bridgehead atoms. The molecule has 1 aromatic heterocycles. The molecule has 0 unspecified atom stereocenters. The SMILES string of the molecule is CCn1nnc2c1-c1ccccc1CN(C(=O)CCC(=O)NCCOCCOCC(=O)N[C@H](C(=O)N[C@@H](C)C(=O)Nc1ccc(COC(=O)N3c4cc(OCCCOc5cc6c(cc5OC)C(=O)N5C=C(c7ccc(OC)cc7)C[C@H]5CN6)c(OC)cc4C(=O)N4CC5(CC5)C[C@H]4[C@@H]3O)cc1)C(C)C)c1ccccc1-2. The predicted molar refractivity (Wildman–Crippen MR) is 406 cm³/mol. The molecule has 5 aliphatic heterocycles. The number of carbonyl (C=O) groups is 8. The number of fused-ring (bicyclic) bond motifs is 9. The number of nitrogens with zero attached hydrogens (tertiary/aromatic N) is 7. The van der Waals surface area contributed by atoms with Crippen LogP contribution in [0.4, 0.5) is 27.5 Å². The van der Waals surface area contributed by atoms with Gasteiger partial charge < -0.3 is 84.3 Å². The Morgan fingerprint density at radius 1 is 0.709 bits per heavy atom. The second kappa shape index (κ2) is 33.9. The quantitative estimate of drug-likeness (QED) is 0.0229. The number of aryl methyl sites for hydroxylation is 1. The van der Waals surface area contributed by atoms with Crippen LogP contribution in [0.1, 0.15) is 110 Å². The number of hydrogen-bond donors (Lipinski definition) is 6. The van der Waals surface area contributed by atoms with Gasteiger partial charge in [0.25, 0.3) is 11.8 Å². The number of nitrogens with one attached hydrogen (secondary N) is 5. The Morgan fingerprint density at radius 2 is 1.42 bits per heavy atom. The van der Waals surface area contributed by atoms with Gasteiger partial charge in [0.1, 0.15) is 36.7 Å². The Morgan fingerprint density at radius 3 is 2.14 bits per heavy atom. The van der Waals surface area contributed by atoms with Gasteiger partial charge in [-0.05, 0) is 116 Å². The number of aliphatic hydroxyl groups is 1. The van der Waals surface area contributed by atoms with Crippen molar-refractivity contribution >= 4 is 75.8 Å². The molecule has 1 saturated carbocycles. The number of aliphatic hydroxyl groups excluding tert-OH is 1. The number of benzene rings is 6. The third kappa shape index (κ3) is 16.8. The Hall–Kier alpha value is -11.6. The molecule has 6 aromatic carbocycles. The van der Waals surface area contributed by atoms with Crippen LogP contribution < -0.4 is 60.1 Å². The zero-order chi connectivity index (χ0) is 77.3. The number of anilines is 4. The highest BCUT2D eigenvalue weighted by atomic mass is 16.6. The summed E-state index contributed by atoms with van der Waals surface area (Å²) < 4.78 is 48.3. The second-order valence-corrected chi connectivity index (χ2v) is 28.5. The highest BCUT2D eigenvalue weighted by Crippen LogP contribution is 2.57. The van der Waals surface area contributed by atoms with E-state index in [1.54, 1.807) is 72.1 Å². The maximum absolute atomic E-state index is 14.5. The minimum Gasteiger partial charge on any atom is -0.497 e. The number of ether oxygens (including phenoxy) is 8. The summed E-state index contributed by atoms with van der Waals surface area (Å²) in [6.07, 6.45) is 2.72. The van der Waals surface area contributed by atoms with Gasteiger partial charge in [-0.2, -0.15) is 0 Å². The maximum Gasteiger partial charge on any atom is 0.416 e. The molecule has 1 spiro atoms. The van der Waals surface area contributed by atoms with Crippen molar-refractivity contribution in [2.75, 3.05) is 101 Å². The fraction of sp³-hybridized carbons (Fsp3) is 0.407. The standard InChI is InChI=1S/C81H92N12O17/c1-8-92-74-57-15-10-9-14-52(57)43-90(62-17-12-11-16-58(62)73(74)87-88-92)71(96)27-26-69(94)82-30-33-106-34-35-107-46-70(95)86-72(48(2)3)76(98)84-49(4)75(97)85-54-22-18-50(19-23-54)45-110-80(102)93-63-40-68(66(105-7)38-60(63)78(100)91-47-81(28-29-81)41-64(91)79(93)101)109-32-13-31-108-67-39-61-59(37-65(67)104-6)77(99)89-44-53(36-55(89)42-83-61)51-20-24-56(103-5)25-21-51/h9-12,14-25,37-40,44,48-49,55,64,72,79,83,101H,8,13,26-36,41-43,45-47H2,1-7H3,(H,82,94)(H,84,98)(H,85,97)(H,86,95)/t49-,55-,64-,72-,79-/m0/s1. The molecule has 29 heteroatoms. The summed E-state index contributed by atoms with van der Waals surface area (Å²) in [7, 11) is 4.58. The summed E-state index contributed by atoms with van der Waals surface area (Å²) in [5.41, 5.74) is 8.97. The zero-order valence-corrected chi connectivity index (χ0v) is 62.6. The maximum atomic E-state index is 14.5. The van der Waals surface area contributed by atoms with Gasteiger partial charge in [-0.3, -0.25) is 33.6 Å². The summed E-state index contributed by atoms with van der Waals surface area (Å²) >= 11 is 0. The Balaban J connectivity index is 0.542. The first kappa shape index (κ1) is 76.6. The lowest BCUT2D eigenvalue weighted by Crippen LogP contribution is -2.54. The van der Waals surface area contributed by atoms with Crippen LogP contribution in [0.5, 0.6) is 28.7 Å². The van der Waals surface area contributed by atoms with Crippen LogP contribution in [0, 0.1) is 11.3 Å². The van der Waals surface area contributed by atoms with Crippen LogP contribution in [0.2, 0.25) is 0 Å². The van der Waals surface area contributed by atoms with E-state index < -0.39 is 48.2 Å². The average molecular weight is 1510 g/mol. The van der Waals surface area contributed by atoms with Crippen LogP contribution in [-0.2, 0) is 57.9 Å². The summed E-state index contributed by atoms with van der Waals surface area (Å²) in [6.45, 7) is 8.97. The molecule has 6 N–H and O–H groups in total. The van der Waals surface area contributed by atoms with Crippen LogP contribution in [0.25, 0.3) is 28.1 Å². The highest BCUT2D eigenvalue weighted by Gasteiger charge is 2.58. The van der Waals surface area contributed by atoms with Crippen LogP contribution in [0.3, 0.4) is 0 Å². The molecule has 110 heavy (non-hydrogen) atoms. The molecule has 29 nitrogen and oxygen atoms in total. The molecule has 6 aliphatic rings. The van der Waals surface area contributed by atoms with Gasteiger partial charge in [0.15, 0.2) is 29.2 Å². The van der Waals surface area contributed by atoms with Gasteiger partial charge in [0, 0.05) is 80.6 Å². The van der Waals surface area contributed by atoms with Crippen LogP contribution in [-0.4, -0.2) is 188 Å². The first-order valence-electron chi connectivity index (χ1n) is 37.2. The number of hydrogen-bond acceptors (Lipinski definition) is 20. The van der Waals surface area contributed by atoms with Crippen molar-refractivity contribution < 1.29 is 81.4 Å². The lowest BCUT2D eigenvalue weighted by Gasteiger charge is -2.31. The smallest absolute Gasteiger partial charge is 0.416 e. The molecule has 5 atom stereocenters. The lowest BCUT2D eigenvalue weighted by atomic mass is 9.95. The fourth-order valence-electron chi connectivity index (χ4n) is 14.6. The summed E-state index contributed by atoms with van der Waals surface area (Å²) in [5, 5.41) is 35.5. The Kier molecular flexibility index (Phi) is 23.6. The molecular formula is C81H92N12O17. The molecule has 1 aliphatic carbocycles. The van der Waals surface area contributed by atoms with E-state index in [1.165, 1.54) is 33.3 Å². The van der Waals surface area contributed by atoms with Crippen molar-refractivity contribution in [2.24, 2.45) is 11.3 Å². The molecule has 0 radical (unpaired) electrons. The van der Waals surface area contributed by atoms with Crippen molar-refractivity contribution in [1.82, 2.24) is 40.7 Å². The van der Waals surface area contributed by atoms with E-state index in [0.717, 1.165) is 57.0 Å².